The molecule has 17 heavy (non-hydrogen) atoms. The van der Waals surface area contributed by atoms with Gasteiger partial charge < -0.3 is 14.6 Å². The van der Waals surface area contributed by atoms with Gasteiger partial charge in [-0.1, -0.05) is 13.8 Å². The highest BCUT2D eigenvalue weighted by Crippen LogP contribution is 2.45. The largest absolute Gasteiger partial charge is 0.381 e. The predicted octanol–water partition coefficient (Wildman–Crippen LogP) is 1.59. The monoisotopic (exact) mass is 264 g/mol. The van der Waals surface area contributed by atoms with E-state index in [4.69, 9.17) is 9.26 Å². The molecule has 1 fully saturated rings. The third kappa shape index (κ3) is 5.06. The Morgan fingerprint density at radius 1 is 1.35 bits per heavy atom. The van der Waals surface area contributed by atoms with Gasteiger partial charge in [-0.15, -0.1) is 0 Å². The number of hydrogen-bond acceptors (Lipinski definition) is 4. The van der Waals surface area contributed by atoms with Crippen molar-refractivity contribution in [2.45, 2.75) is 38.4 Å². The van der Waals surface area contributed by atoms with Crippen molar-refractivity contribution in [1.29, 1.82) is 0 Å². The number of rotatable bonds is 7. The molecule has 1 aliphatic heterocycles. The smallest absolute Gasteiger partial charge is 0.272 e. The molecule has 0 bridgehead atoms. The molecule has 1 aliphatic rings. The first-order chi connectivity index (χ1) is 8.08. The molecule has 0 aromatic carbocycles. The first kappa shape index (κ1) is 15.1. The maximum absolute atomic E-state index is 12.2. The van der Waals surface area contributed by atoms with Crippen LogP contribution in [0.15, 0.2) is 0 Å². The summed E-state index contributed by atoms with van der Waals surface area (Å²) in [6.07, 6.45) is 2.12. The lowest BCUT2D eigenvalue weighted by Crippen LogP contribution is -2.38. The second-order valence-electron chi connectivity index (χ2n) is 4.62. The first-order valence-corrected chi connectivity index (χ1v) is 7.99. The SMILES string of the molecule is COP(=O)(NCCNC1CCOCC1)C(C)C. The molecular weight excluding hydrogens is 239 g/mol. The zero-order valence-electron chi connectivity index (χ0n) is 11.1. The van der Waals surface area contributed by atoms with E-state index in [9.17, 15) is 4.57 Å². The Hall–Kier alpha value is 0.0700. The molecule has 1 unspecified atom stereocenters. The zero-order valence-corrected chi connectivity index (χ0v) is 12.0. The molecule has 5 nitrogen and oxygen atoms in total. The lowest BCUT2D eigenvalue weighted by Gasteiger charge is -2.25. The normalized spacial score (nSPS) is 21.6. The lowest BCUT2D eigenvalue weighted by molar-refractivity contribution is 0.0782. The van der Waals surface area contributed by atoms with Gasteiger partial charge in [-0.3, -0.25) is 4.57 Å². The van der Waals surface area contributed by atoms with E-state index in [0.29, 0.717) is 12.6 Å². The van der Waals surface area contributed by atoms with Gasteiger partial charge in [0, 0.05) is 45.1 Å². The molecule has 0 amide bonds. The van der Waals surface area contributed by atoms with Crippen molar-refractivity contribution in [2.75, 3.05) is 33.4 Å². The molecule has 1 atom stereocenters. The Balaban J connectivity index is 2.16. The summed E-state index contributed by atoms with van der Waals surface area (Å²) in [7, 11) is -1.16. The highest BCUT2D eigenvalue weighted by atomic mass is 31.2. The summed E-state index contributed by atoms with van der Waals surface area (Å²) in [6, 6.07) is 0.534. The summed E-state index contributed by atoms with van der Waals surface area (Å²) in [5.41, 5.74) is 0.00980. The number of ether oxygens (including phenoxy) is 1. The van der Waals surface area contributed by atoms with Crippen molar-refractivity contribution in [3.8, 4) is 0 Å². The van der Waals surface area contributed by atoms with Crippen LogP contribution >= 0.6 is 7.52 Å². The molecule has 0 aromatic heterocycles. The van der Waals surface area contributed by atoms with Gasteiger partial charge in [0.05, 0.1) is 0 Å². The van der Waals surface area contributed by atoms with Crippen LogP contribution < -0.4 is 10.4 Å². The van der Waals surface area contributed by atoms with Crippen molar-refractivity contribution < 1.29 is 13.8 Å². The fraction of sp³-hybridized carbons (Fsp3) is 1.00. The summed E-state index contributed by atoms with van der Waals surface area (Å²) in [5.74, 6) is 0. The lowest BCUT2D eigenvalue weighted by atomic mass is 10.1. The van der Waals surface area contributed by atoms with Crippen molar-refractivity contribution in [1.82, 2.24) is 10.4 Å². The van der Waals surface area contributed by atoms with Crippen LogP contribution in [0.2, 0.25) is 0 Å². The Morgan fingerprint density at radius 3 is 2.53 bits per heavy atom. The first-order valence-electron chi connectivity index (χ1n) is 6.30. The topological polar surface area (TPSA) is 59.6 Å². The van der Waals surface area contributed by atoms with Gasteiger partial charge in [0.2, 0.25) is 0 Å². The molecular formula is C11H25N2O3P. The van der Waals surface area contributed by atoms with E-state index in [2.05, 4.69) is 10.4 Å². The van der Waals surface area contributed by atoms with Crippen LogP contribution in [0.3, 0.4) is 0 Å². The van der Waals surface area contributed by atoms with E-state index in [1.54, 1.807) is 0 Å². The Morgan fingerprint density at radius 2 is 2.00 bits per heavy atom. The molecule has 1 saturated heterocycles. The van der Waals surface area contributed by atoms with Crippen LogP contribution in [0.4, 0.5) is 0 Å². The van der Waals surface area contributed by atoms with Gasteiger partial charge in [-0.25, -0.2) is 5.09 Å². The Bertz CT molecular complexity index is 255. The van der Waals surface area contributed by atoms with Gasteiger partial charge in [-0.05, 0) is 12.8 Å². The van der Waals surface area contributed by atoms with Crippen molar-refractivity contribution in [3.05, 3.63) is 0 Å². The van der Waals surface area contributed by atoms with Crippen molar-refractivity contribution in [2.24, 2.45) is 0 Å². The van der Waals surface area contributed by atoms with E-state index >= 15 is 0 Å². The summed E-state index contributed by atoms with van der Waals surface area (Å²) in [5, 5.41) is 6.46. The second kappa shape index (κ2) is 7.49. The van der Waals surface area contributed by atoms with Crippen LogP contribution in [-0.4, -0.2) is 45.1 Å². The highest BCUT2D eigenvalue weighted by Gasteiger charge is 2.25. The average Bonchev–Trinajstić information content (AvgIpc) is 2.35. The Labute approximate surface area is 104 Å². The third-order valence-electron chi connectivity index (χ3n) is 3.06. The van der Waals surface area contributed by atoms with Gasteiger partial charge in [-0.2, -0.15) is 0 Å². The van der Waals surface area contributed by atoms with Crippen LogP contribution in [0, 0.1) is 0 Å². The number of hydrogen-bond donors (Lipinski definition) is 2. The number of nitrogens with one attached hydrogen (secondary N) is 2. The van der Waals surface area contributed by atoms with Crippen molar-refractivity contribution >= 4 is 7.52 Å². The summed E-state index contributed by atoms with van der Waals surface area (Å²) >= 11 is 0. The van der Waals surface area contributed by atoms with Gasteiger partial charge in [0.1, 0.15) is 0 Å². The van der Waals surface area contributed by atoms with E-state index in [0.717, 1.165) is 32.6 Å². The molecule has 2 N–H and O–H groups in total. The molecule has 0 aromatic rings. The minimum atomic E-state index is -2.66. The van der Waals surface area contributed by atoms with Crippen LogP contribution in [0.25, 0.3) is 0 Å². The minimum absolute atomic E-state index is 0.00980. The average molecular weight is 264 g/mol. The van der Waals surface area contributed by atoms with Crippen LogP contribution in [0.1, 0.15) is 26.7 Å². The maximum Gasteiger partial charge on any atom is 0.272 e. The zero-order chi connectivity index (χ0) is 12.7. The summed E-state index contributed by atoms with van der Waals surface area (Å²) in [4.78, 5) is 0. The molecule has 1 heterocycles. The summed E-state index contributed by atoms with van der Waals surface area (Å²) < 4.78 is 22.5. The van der Waals surface area contributed by atoms with Gasteiger partial charge >= 0.3 is 0 Å². The quantitative estimate of drug-likeness (QED) is 0.540. The fourth-order valence-corrected chi connectivity index (χ4v) is 3.19. The molecule has 0 spiro atoms. The second-order valence-corrected chi connectivity index (χ2v) is 7.53. The van der Waals surface area contributed by atoms with Gasteiger partial charge in [0.25, 0.3) is 7.52 Å². The molecule has 6 heteroatoms. The van der Waals surface area contributed by atoms with E-state index in [-0.39, 0.29) is 5.66 Å². The molecule has 0 saturated carbocycles. The molecule has 1 rings (SSSR count). The Kier molecular flexibility index (Phi) is 6.67. The van der Waals surface area contributed by atoms with Gasteiger partial charge in [0.15, 0.2) is 0 Å². The maximum atomic E-state index is 12.2. The molecule has 102 valence electrons. The van der Waals surface area contributed by atoms with Crippen LogP contribution in [0.5, 0.6) is 0 Å². The molecule has 0 aliphatic carbocycles. The van der Waals surface area contributed by atoms with Crippen LogP contribution in [-0.2, 0) is 13.8 Å². The minimum Gasteiger partial charge on any atom is -0.381 e. The van der Waals surface area contributed by atoms with E-state index < -0.39 is 7.52 Å². The summed E-state index contributed by atoms with van der Waals surface area (Å²) in [6.45, 7) is 6.97. The highest BCUT2D eigenvalue weighted by molar-refractivity contribution is 7.57. The molecule has 0 radical (unpaired) electrons. The predicted molar refractivity (Wildman–Crippen MR) is 69.6 cm³/mol. The standard InChI is InChI=1S/C11H25N2O3P/c1-10(2)17(14,15-3)13-7-6-12-11-4-8-16-9-5-11/h10-12H,4-9H2,1-3H3,(H,13,14). The van der Waals surface area contributed by atoms with E-state index in [1.165, 1.54) is 7.11 Å². The fourth-order valence-electron chi connectivity index (χ4n) is 1.85. The van der Waals surface area contributed by atoms with Crippen molar-refractivity contribution in [3.63, 3.8) is 0 Å². The van der Waals surface area contributed by atoms with E-state index in [1.807, 2.05) is 13.8 Å². The third-order valence-corrected chi connectivity index (χ3v) is 5.63.